The number of carbonyl (C=O) groups excluding carboxylic acids is 4. The van der Waals surface area contributed by atoms with Crippen LogP contribution >= 0.6 is 0 Å². The Morgan fingerprint density at radius 1 is 0.912 bits per heavy atom. The van der Waals surface area contributed by atoms with Crippen LogP contribution in [0.1, 0.15) is 60.1 Å². The summed E-state index contributed by atoms with van der Waals surface area (Å²) in [6.07, 6.45) is 8.67. The van der Waals surface area contributed by atoms with Gasteiger partial charge >= 0.3 is 0 Å². The molecule has 17 heteroatoms. The first-order chi connectivity index (χ1) is 27.3. The van der Waals surface area contributed by atoms with Gasteiger partial charge in [-0.25, -0.2) is 9.49 Å². The second-order valence-electron chi connectivity index (χ2n) is 13.6. The van der Waals surface area contributed by atoms with Crippen molar-refractivity contribution < 1.29 is 37.8 Å². The molecule has 4 N–H and O–H groups in total. The predicted octanol–water partition coefficient (Wildman–Crippen LogP) is 2.02. The first-order valence-electron chi connectivity index (χ1n) is 19.3. The quantitative estimate of drug-likeness (QED) is 0.0859. The monoisotopic (exact) mass is 1040 g/mol. The Bertz CT molecular complexity index is 1770. The molecule has 0 unspecified atom stereocenters. The molecule has 1 aliphatic carbocycles. The van der Waals surface area contributed by atoms with Crippen LogP contribution in [0.15, 0.2) is 47.3 Å². The van der Waals surface area contributed by atoms with Crippen molar-refractivity contribution in [1.82, 2.24) is 30.2 Å². The molecule has 2 fully saturated rings. The van der Waals surface area contributed by atoms with Crippen LogP contribution in [0.2, 0.25) is 0 Å². The number of nitrogens with zero attached hydrogens (tertiary/aromatic N) is 4. The summed E-state index contributed by atoms with van der Waals surface area (Å²) in [5, 5.41) is 10.8. The summed E-state index contributed by atoms with van der Waals surface area (Å²) in [4.78, 5) is 66.3. The number of benzene rings is 2. The number of fused-ring (bicyclic) bond motifs is 1. The van der Waals surface area contributed by atoms with Crippen molar-refractivity contribution in [3.63, 3.8) is 0 Å². The number of aromatic nitrogens is 2. The van der Waals surface area contributed by atoms with E-state index in [9.17, 15) is 28.4 Å². The molecule has 1 aliphatic heterocycles. The van der Waals surface area contributed by atoms with E-state index in [-0.39, 0.29) is 75.2 Å². The maximum absolute atomic E-state index is 14.9. The first kappa shape index (κ1) is 45.6. The molecule has 1 saturated carbocycles. The van der Waals surface area contributed by atoms with Gasteiger partial charge in [0, 0.05) is 57.5 Å². The SMILES string of the molecule is CN.O=[C-]N(CCOCCOCCOCCNC(=O)CC1CCCCC1)CC(=O)N1CCN(C(=O)c2cc(Cc3n[nH]c(=O)c4ccccc34)ccc2F)CC1.[Fm]. The van der Waals surface area contributed by atoms with Crippen molar-refractivity contribution >= 4 is 34.9 Å². The molecule has 2 aliphatic rings. The van der Waals surface area contributed by atoms with Gasteiger partial charge in [0.05, 0.1) is 62.8 Å². The Morgan fingerprint density at radius 3 is 2.23 bits per heavy atom. The summed E-state index contributed by atoms with van der Waals surface area (Å²) < 4.78 is 31.4. The van der Waals surface area contributed by atoms with Gasteiger partial charge in [0.15, 0.2) is 0 Å². The Morgan fingerprint density at radius 2 is 1.54 bits per heavy atom. The van der Waals surface area contributed by atoms with E-state index in [1.165, 1.54) is 48.2 Å². The fourth-order valence-electron chi connectivity index (χ4n) is 6.80. The van der Waals surface area contributed by atoms with E-state index in [4.69, 9.17) is 14.2 Å². The van der Waals surface area contributed by atoms with E-state index in [1.807, 2.05) is 6.07 Å². The van der Waals surface area contributed by atoms with E-state index >= 15 is 0 Å². The van der Waals surface area contributed by atoms with Gasteiger partial charge in [-0.05, 0) is 49.6 Å². The normalized spacial score (nSPS) is 14.3. The van der Waals surface area contributed by atoms with Gasteiger partial charge in [-0.3, -0.25) is 19.2 Å². The molecular weight excluding hydrogens is 982 g/mol. The van der Waals surface area contributed by atoms with Crippen molar-refractivity contribution in [2.24, 2.45) is 11.7 Å². The van der Waals surface area contributed by atoms with E-state index in [1.54, 1.807) is 35.6 Å². The van der Waals surface area contributed by atoms with Crippen LogP contribution in [0.5, 0.6) is 0 Å². The molecule has 0 spiro atoms. The van der Waals surface area contributed by atoms with Gasteiger partial charge in [0.25, 0.3) is 11.5 Å². The summed E-state index contributed by atoms with van der Waals surface area (Å²) in [5.41, 5.74) is 5.37. The molecule has 1 aromatic heterocycles. The van der Waals surface area contributed by atoms with E-state index in [2.05, 4.69) is 21.2 Å². The topological polar surface area (TPSA) is 189 Å². The maximum atomic E-state index is 14.9. The molecule has 2 heterocycles. The number of nitrogens with one attached hydrogen (secondary N) is 2. The standard InChI is InChI=1S/C39H50FN6O8.CH5N.Fm/c40-34-11-10-30(25-35-31-8-4-5-9-32(31)38(50)43-42-35)24-33(34)39(51)46-15-13-45(14-16-46)37(49)27-44(28-47)17-19-53-21-23-54-22-20-52-18-12-41-36(48)26-29-6-2-1-3-7-29;1-2;/h4-5,8-11,24,29H,1-3,6-7,12-23,25-27H2,(H,41,48)(H,43,50);2H2,1H3;/q-1;;. The van der Waals surface area contributed by atoms with Gasteiger partial charge in [-0.1, -0.05) is 43.5 Å². The number of rotatable bonds is 20. The number of H-pyrrole nitrogens is 1. The maximum Gasteiger partial charge on any atom is 0.272 e. The predicted molar refractivity (Wildman–Crippen MR) is 208 cm³/mol. The average molecular weight is 1040 g/mol. The van der Waals surface area contributed by atoms with Gasteiger partial charge < -0.3 is 44.8 Å². The molecular formula is C40H55FFmN7O8-. The number of hydrogen-bond donors (Lipinski definition) is 3. The minimum atomic E-state index is -0.653. The third-order valence-corrected chi connectivity index (χ3v) is 9.80. The summed E-state index contributed by atoms with van der Waals surface area (Å²) in [6.45, 7) is 3.40. The zero-order chi connectivity index (χ0) is 40.1. The van der Waals surface area contributed by atoms with Crippen LogP contribution < -0.4 is 16.6 Å². The molecule has 57 heavy (non-hydrogen) atoms. The minimum Gasteiger partial charge on any atom is -0.520 e. The number of halogens is 1. The molecule has 3 aromatic rings. The first-order valence-corrected chi connectivity index (χ1v) is 19.3. The van der Waals surface area contributed by atoms with E-state index < -0.39 is 11.7 Å². The number of carbonyl (C=O) groups is 3. The van der Waals surface area contributed by atoms with Crippen LogP contribution in [0.25, 0.3) is 10.8 Å². The Balaban J connectivity index is 0.00000285. The zero-order valence-corrected chi connectivity index (χ0v) is 35.0. The number of ether oxygens (including phenoxy) is 3. The van der Waals surface area contributed by atoms with Gasteiger partial charge in [0.2, 0.25) is 11.8 Å². The molecule has 15 nitrogen and oxygen atoms in total. The third kappa shape index (κ3) is 14.4. The minimum absolute atomic E-state index is 0. The third-order valence-electron chi connectivity index (χ3n) is 9.80. The summed E-state index contributed by atoms with van der Waals surface area (Å²) in [7, 11) is 1.50. The largest absolute Gasteiger partial charge is 0.520 e. The van der Waals surface area contributed by atoms with Gasteiger partial charge in [-0.2, -0.15) is 11.5 Å². The number of amides is 4. The molecule has 0 radical (unpaired) electrons. The van der Waals surface area contributed by atoms with Crippen molar-refractivity contribution in [1.29, 1.82) is 0 Å². The molecule has 318 valence electrons. The molecule has 5 rings (SSSR count). The van der Waals surface area contributed by atoms with Crippen LogP contribution in [0.3, 0.4) is 0 Å². The second-order valence-corrected chi connectivity index (χ2v) is 13.6. The fourth-order valence-corrected chi connectivity index (χ4v) is 6.80. The smallest absolute Gasteiger partial charge is 0.272 e. The molecule has 4 amide bonds. The molecule has 1 saturated heterocycles. The zero-order valence-electron chi connectivity index (χ0n) is 32.6. The van der Waals surface area contributed by atoms with E-state index in [0.29, 0.717) is 73.9 Å². The summed E-state index contributed by atoms with van der Waals surface area (Å²) in [6, 6.07) is 11.4. The Labute approximate surface area is 327 Å². The van der Waals surface area contributed by atoms with Gasteiger partial charge in [-0.15, -0.1) is 0 Å². The van der Waals surface area contributed by atoms with Crippen molar-refractivity contribution in [2.45, 2.75) is 44.9 Å². The van der Waals surface area contributed by atoms with Gasteiger partial charge in [0.1, 0.15) is 5.82 Å². The number of piperazine rings is 1. The summed E-state index contributed by atoms with van der Waals surface area (Å²) in [5.74, 6) is -0.819. The van der Waals surface area contributed by atoms with Crippen molar-refractivity contribution in [3.8, 4) is 0 Å². The van der Waals surface area contributed by atoms with Crippen LogP contribution in [-0.4, -0.2) is 142 Å². The molecule has 2 aromatic carbocycles. The number of aromatic amines is 1. The van der Waals surface area contributed by atoms with Crippen LogP contribution in [-0.2, 0) is 35.0 Å². The average Bonchev–Trinajstić information content (AvgIpc) is 3.23. The second kappa shape index (κ2) is 24.7. The summed E-state index contributed by atoms with van der Waals surface area (Å²) >= 11 is 0. The van der Waals surface area contributed by atoms with Crippen molar-refractivity contribution in [3.05, 3.63) is 75.5 Å². The van der Waals surface area contributed by atoms with Crippen molar-refractivity contribution in [2.75, 3.05) is 92.5 Å². The van der Waals surface area contributed by atoms with Crippen LogP contribution in [0, 0.1) is 11.7 Å². The number of hydrogen-bond acceptors (Lipinski definition) is 10. The Kier molecular flexibility index (Phi) is 19.8. The Hall–Kier alpha value is -5.77. The van der Waals surface area contributed by atoms with E-state index in [0.717, 1.165) is 12.8 Å². The fraction of sp³-hybridized carbons (Fsp3) is 0.550. The molecule has 0 bridgehead atoms. The van der Waals surface area contributed by atoms with Crippen LogP contribution in [0.4, 0.5) is 4.39 Å². The number of nitrogens with two attached hydrogens (primary N) is 1. The molecule has 0 atom stereocenters.